The molecular formula is C15H18ClNO2. The van der Waals surface area contributed by atoms with Crippen LogP contribution in [0.3, 0.4) is 0 Å². The third kappa shape index (κ3) is 2.32. The number of anilines is 1. The Bertz CT molecular complexity index is 503. The zero-order valence-corrected chi connectivity index (χ0v) is 11.6. The van der Waals surface area contributed by atoms with Crippen molar-refractivity contribution in [2.75, 3.05) is 11.4 Å². The number of hydrogen-bond donors (Lipinski definition) is 1. The van der Waals surface area contributed by atoms with Crippen molar-refractivity contribution in [3.05, 3.63) is 28.8 Å². The summed E-state index contributed by atoms with van der Waals surface area (Å²) in [6.07, 6.45) is 6.24. The van der Waals surface area contributed by atoms with Crippen LogP contribution in [0.4, 0.5) is 5.69 Å². The molecule has 1 aliphatic carbocycles. The first kappa shape index (κ1) is 12.8. The minimum absolute atomic E-state index is 0.332. The standard InChI is InChI=1S/C15H18ClNO2/c16-11-5-6-14(12(9-11)15(18)19)17-8-7-10-3-1-2-4-13(10)17/h5-6,9-10,13H,1-4,7-8H2,(H,18,19). The van der Waals surface area contributed by atoms with Gasteiger partial charge in [0.1, 0.15) is 0 Å². The SMILES string of the molecule is O=C(O)c1cc(Cl)ccc1N1CCC2CCCCC21. The van der Waals surface area contributed by atoms with Crippen molar-refractivity contribution in [1.82, 2.24) is 0 Å². The molecule has 1 saturated carbocycles. The Morgan fingerprint density at radius 2 is 2.05 bits per heavy atom. The fourth-order valence-electron chi connectivity index (χ4n) is 3.63. The van der Waals surface area contributed by atoms with E-state index in [4.69, 9.17) is 11.6 Å². The summed E-state index contributed by atoms with van der Waals surface area (Å²) in [6.45, 7) is 0.969. The molecule has 1 N–H and O–H groups in total. The normalized spacial score (nSPS) is 26.3. The van der Waals surface area contributed by atoms with Crippen LogP contribution in [0.1, 0.15) is 42.5 Å². The number of fused-ring (bicyclic) bond motifs is 1. The van der Waals surface area contributed by atoms with Crippen molar-refractivity contribution in [2.24, 2.45) is 5.92 Å². The molecule has 2 aliphatic rings. The molecule has 1 aromatic rings. The van der Waals surface area contributed by atoms with E-state index in [1.165, 1.54) is 32.1 Å². The van der Waals surface area contributed by atoms with Crippen LogP contribution in [0.5, 0.6) is 0 Å². The lowest BCUT2D eigenvalue weighted by atomic mass is 9.85. The molecule has 102 valence electrons. The molecule has 3 rings (SSSR count). The number of aromatic carboxylic acids is 1. The molecule has 0 spiro atoms. The Morgan fingerprint density at radius 1 is 1.26 bits per heavy atom. The molecule has 4 heteroatoms. The molecule has 1 aromatic carbocycles. The van der Waals surface area contributed by atoms with Crippen LogP contribution in [-0.4, -0.2) is 23.7 Å². The smallest absolute Gasteiger partial charge is 0.337 e. The Balaban J connectivity index is 1.95. The number of hydrogen-bond acceptors (Lipinski definition) is 2. The van der Waals surface area contributed by atoms with Gasteiger partial charge in [0, 0.05) is 17.6 Å². The maximum atomic E-state index is 11.4. The minimum atomic E-state index is -0.892. The second kappa shape index (κ2) is 5.04. The van der Waals surface area contributed by atoms with Gasteiger partial charge in [0.2, 0.25) is 0 Å². The highest BCUT2D eigenvalue weighted by atomic mass is 35.5. The van der Waals surface area contributed by atoms with Gasteiger partial charge in [-0.05, 0) is 43.4 Å². The van der Waals surface area contributed by atoms with Gasteiger partial charge in [-0.1, -0.05) is 24.4 Å². The molecule has 2 atom stereocenters. The van der Waals surface area contributed by atoms with Gasteiger partial charge in [0.05, 0.1) is 11.3 Å². The quantitative estimate of drug-likeness (QED) is 0.895. The summed E-state index contributed by atoms with van der Waals surface area (Å²) in [6, 6.07) is 5.74. The Hall–Kier alpha value is -1.22. The van der Waals surface area contributed by atoms with Crippen molar-refractivity contribution in [3.63, 3.8) is 0 Å². The van der Waals surface area contributed by atoms with Crippen LogP contribution in [-0.2, 0) is 0 Å². The highest BCUT2D eigenvalue weighted by Crippen LogP contribution is 2.40. The van der Waals surface area contributed by atoms with Gasteiger partial charge < -0.3 is 10.0 Å². The Morgan fingerprint density at radius 3 is 2.84 bits per heavy atom. The molecule has 0 bridgehead atoms. The Labute approximate surface area is 118 Å². The largest absolute Gasteiger partial charge is 0.478 e. The molecule has 0 radical (unpaired) electrons. The summed E-state index contributed by atoms with van der Waals surface area (Å²) >= 11 is 5.92. The maximum absolute atomic E-state index is 11.4. The molecule has 0 aromatic heterocycles. The van der Waals surface area contributed by atoms with Crippen molar-refractivity contribution >= 4 is 23.3 Å². The van der Waals surface area contributed by atoms with E-state index in [-0.39, 0.29) is 0 Å². The van der Waals surface area contributed by atoms with Crippen LogP contribution in [0.2, 0.25) is 5.02 Å². The van der Waals surface area contributed by atoms with Gasteiger partial charge in [0.15, 0.2) is 0 Å². The number of nitrogens with zero attached hydrogens (tertiary/aromatic N) is 1. The number of carboxylic acids is 1. The van der Waals surface area contributed by atoms with Crippen LogP contribution >= 0.6 is 11.6 Å². The van der Waals surface area contributed by atoms with Crippen LogP contribution < -0.4 is 4.90 Å². The van der Waals surface area contributed by atoms with Crippen molar-refractivity contribution in [3.8, 4) is 0 Å². The average molecular weight is 280 g/mol. The van der Waals surface area contributed by atoms with E-state index >= 15 is 0 Å². The fraction of sp³-hybridized carbons (Fsp3) is 0.533. The van der Waals surface area contributed by atoms with E-state index in [2.05, 4.69) is 4.90 Å². The summed E-state index contributed by atoms with van der Waals surface area (Å²) in [5.74, 6) is -0.150. The molecule has 1 saturated heterocycles. The zero-order valence-electron chi connectivity index (χ0n) is 10.8. The van der Waals surface area contributed by atoms with Crippen LogP contribution in [0.15, 0.2) is 18.2 Å². The molecule has 2 fully saturated rings. The first-order chi connectivity index (χ1) is 9.16. The summed E-state index contributed by atoms with van der Waals surface area (Å²) in [5.41, 5.74) is 1.17. The van der Waals surface area contributed by atoms with Gasteiger partial charge in [-0.25, -0.2) is 4.79 Å². The van der Waals surface area contributed by atoms with Gasteiger partial charge in [0.25, 0.3) is 0 Å². The summed E-state index contributed by atoms with van der Waals surface area (Å²) in [4.78, 5) is 13.7. The number of halogens is 1. The van der Waals surface area contributed by atoms with Crippen LogP contribution in [0, 0.1) is 5.92 Å². The summed E-state index contributed by atoms with van der Waals surface area (Å²) < 4.78 is 0. The number of carboxylic acid groups (broad SMARTS) is 1. The first-order valence-electron chi connectivity index (χ1n) is 6.96. The highest BCUT2D eigenvalue weighted by Gasteiger charge is 2.36. The topological polar surface area (TPSA) is 40.5 Å². The van der Waals surface area contributed by atoms with Crippen molar-refractivity contribution in [2.45, 2.75) is 38.1 Å². The molecule has 1 aliphatic heterocycles. The molecular weight excluding hydrogens is 262 g/mol. The van der Waals surface area contributed by atoms with E-state index in [0.717, 1.165) is 18.2 Å². The predicted octanol–water partition coefficient (Wildman–Crippen LogP) is 3.81. The third-order valence-corrected chi connectivity index (χ3v) is 4.74. The lowest BCUT2D eigenvalue weighted by Gasteiger charge is -2.33. The van der Waals surface area contributed by atoms with E-state index in [1.54, 1.807) is 12.1 Å². The zero-order chi connectivity index (χ0) is 13.4. The van der Waals surface area contributed by atoms with Crippen molar-refractivity contribution < 1.29 is 9.90 Å². The number of benzene rings is 1. The minimum Gasteiger partial charge on any atom is -0.478 e. The van der Waals surface area contributed by atoms with Crippen molar-refractivity contribution in [1.29, 1.82) is 0 Å². The highest BCUT2D eigenvalue weighted by molar-refractivity contribution is 6.31. The average Bonchev–Trinajstić information content (AvgIpc) is 2.82. The summed E-state index contributed by atoms with van der Waals surface area (Å²) in [5, 5.41) is 9.85. The van der Waals surface area contributed by atoms with E-state index < -0.39 is 5.97 Å². The molecule has 19 heavy (non-hydrogen) atoms. The molecule has 1 heterocycles. The fourth-order valence-corrected chi connectivity index (χ4v) is 3.81. The Kier molecular flexibility index (Phi) is 3.40. The maximum Gasteiger partial charge on any atom is 0.337 e. The molecule has 2 unspecified atom stereocenters. The van der Waals surface area contributed by atoms with Gasteiger partial charge in [-0.15, -0.1) is 0 Å². The van der Waals surface area contributed by atoms with Gasteiger partial charge in [-0.2, -0.15) is 0 Å². The monoisotopic (exact) mass is 279 g/mol. The van der Waals surface area contributed by atoms with E-state index in [9.17, 15) is 9.90 Å². The van der Waals surface area contributed by atoms with Gasteiger partial charge in [-0.3, -0.25) is 0 Å². The summed E-state index contributed by atoms with van der Waals surface area (Å²) in [7, 11) is 0. The first-order valence-corrected chi connectivity index (χ1v) is 7.34. The second-order valence-electron chi connectivity index (χ2n) is 5.56. The third-order valence-electron chi connectivity index (χ3n) is 4.51. The van der Waals surface area contributed by atoms with E-state index in [1.807, 2.05) is 6.07 Å². The van der Waals surface area contributed by atoms with Gasteiger partial charge >= 0.3 is 5.97 Å². The van der Waals surface area contributed by atoms with Crippen LogP contribution in [0.25, 0.3) is 0 Å². The van der Waals surface area contributed by atoms with E-state index in [0.29, 0.717) is 16.6 Å². The lowest BCUT2D eigenvalue weighted by molar-refractivity contribution is 0.0697. The number of rotatable bonds is 2. The lowest BCUT2D eigenvalue weighted by Crippen LogP contribution is -2.35. The second-order valence-corrected chi connectivity index (χ2v) is 6.00. The molecule has 3 nitrogen and oxygen atoms in total. The number of carbonyl (C=O) groups is 1. The predicted molar refractivity (Wildman–Crippen MR) is 76.1 cm³/mol. The molecule has 0 amide bonds.